The lowest BCUT2D eigenvalue weighted by molar-refractivity contribution is -0.145. The zero-order chi connectivity index (χ0) is 15.8. The molecule has 0 saturated carbocycles. The number of anilines is 1. The Morgan fingerprint density at radius 1 is 1.48 bits per heavy atom. The molecule has 1 amide bonds. The minimum Gasteiger partial charge on any atom is -0.466 e. The molecular formula is C10H9Cl2N3O5S. The van der Waals surface area contributed by atoms with E-state index in [-0.39, 0.29) is 22.4 Å². The zero-order valence-electron chi connectivity index (χ0n) is 10.6. The van der Waals surface area contributed by atoms with Gasteiger partial charge in [-0.15, -0.1) is 22.9 Å². The fraction of sp³-hybridized carbons (Fsp3) is 0.300. The molecule has 114 valence electrons. The van der Waals surface area contributed by atoms with Crippen molar-refractivity contribution in [3.05, 3.63) is 11.1 Å². The van der Waals surface area contributed by atoms with Crippen LogP contribution in [-0.4, -0.2) is 47.4 Å². The first-order valence-electron chi connectivity index (χ1n) is 5.26. The summed E-state index contributed by atoms with van der Waals surface area (Å²) in [6, 6.07) is 0. The summed E-state index contributed by atoms with van der Waals surface area (Å²) in [5.74, 6) is -1.35. The van der Waals surface area contributed by atoms with Crippen LogP contribution >= 0.6 is 34.5 Å². The minimum absolute atomic E-state index is 0.0924. The van der Waals surface area contributed by atoms with Gasteiger partial charge in [-0.3, -0.25) is 9.59 Å². The number of nitrogens with zero attached hydrogens (tertiary/aromatic N) is 2. The first-order chi connectivity index (χ1) is 9.97. The minimum atomic E-state index is -0.930. The molecule has 0 spiro atoms. The topological polar surface area (TPSA) is 107 Å². The highest BCUT2D eigenvalue weighted by Crippen LogP contribution is 2.17. The lowest BCUT2D eigenvalue weighted by Gasteiger charge is -2.00. The van der Waals surface area contributed by atoms with Crippen LogP contribution in [0.2, 0.25) is 0 Å². The van der Waals surface area contributed by atoms with E-state index in [9.17, 15) is 14.4 Å². The molecule has 0 bridgehead atoms. The van der Waals surface area contributed by atoms with Crippen molar-refractivity contribution in [3.63, 3.8) is 0 Å². The molecule has 0 aliphatic carbocycles. The number of amides is 1. The number of alkyl halides is 1. The second-order valence-electron chi connectivity index (χ2n) is 3.28. The number of thiazole rings is 1. The molecule has 21 heavy (non-hydrogen) atoms. The summed E-state index contributed by atoms with van der Waals surface area (Å²) < 4.78 is 4.33. The number of halogens is 2. The number of oxime groups is 1. The molecule has 11 heteroatoms. The Balaban J connectivity index is 2.81. The van der Waals surface area contributed by atoms with Crippen LogP contribution in [-0.2, 0) is 24.0 Å². The van der Waals surface area contributed by atoms with Crippen LogP contribution < -0.4 is 5.32 Å². The summed E-state index contributed by atoms with van der Waals surface area (Å²) in [7, 11) is 1.18. The average molecular weight is 354 g/mol. The van der Waals surface area contributed by atoms with Gasteiger partial charge in [-0.25, -0.2) is 9.78 Å². The van der Waals surface area contributed by atoms with Crippen molar-refractivity contribution in [2.45, 2.75) is 0 Å². The molecule has 1 aromatic heterocycles. The first-order valence-corrected chi connectivity index (χ1v) is 7.05. The second kappa shape index (κ2) is 8.55. The molecule has 0 unspecified atom stereocenters. The summed E-state index contributed by atoms with van der Waals surface area (Å²) in [6.07, 6.45) is 0. The maximum atomic E-state index is 11.3. The normalized spacial score (nSPS) is 10.9. The number of esters is 1. The largest absolute Gasteiger partial charge is 0.466 e. The molecule has 8 nitrogen and oxygen atoms in total. The van der Waals surface area contributed by atoms with E-state index in [0.717, 1.165) is 11.3 Å². The number of ether oxygens (including phenoxy) is 1. The quantitative estimate of drug-likeness (QED) is 0.257. The number of methoxy groups -OCH3 is 1. The van der Waals surface area contributed by atoms with Gasteiger partial charge in [-0.05, 0) is 11.6 Å². The van der Waals surface area contributed by atoms with Crippen LogP contribution in [0, 0.1) is 0 Å². The zero-order valence-corrected chi connectivity index (χ0v) is 12.9. The average Bonchev–Trinajstić information content (AvgIpc) is 2.90. The third-order valence-corrected chi connectivity index (χ3v) is 3.05. The van der Waals surface area contributed by atoms with Crippen molar-refractivity contribution in [3.8, 4) is 0 Å². The maximum absolute atomic E-state index is 11.3. The van der Waals surface area contributed by atoms with Crippen molar-refractivity contribution < 1.29 is 24.0 Å². The summed E-state index contributed by atoms with van der Waals surface area (Å²) in [5, 5.41) is 6.56. The Morgan fingerprint density at radius 2 is 2.19 bits per heavy atom. The molecule has 1 rings (SSSR count). The van der Waals surface area contributed by atoms with Crippen LogP contribution in [0.3, 0.4) is 0 Å². The van der Waals surface area contributed by atoms with Crippen molar-refractivity contribution >= 4 is 62.5 Å². The molecule has 0 saturated heterocycles. The highest BCUT2D eigenvalue weighted by molar-refractivity contribution is 7.14. The lowest BCUT2D eigenvalue weighted by atomic mass is 10.3. The molecule has 1 N–H and O–H groups in total. The monoisotopic (exact) mass is 353 g/mol. The highest BCUT2D eigenvalue weighted by atomic mass is 35.5. The van der Waals surface area contributed by atoms with Crippen molar-refractivity contribution in [1.29, 1.82) is 0 Å². The number of carbonyl (C=O) groups is 3. The van der Waals surface area contributed by atoms with Gasteiger partial charge in [0.25, 0.3) is 5.24 Å². The lowest BCUT2D eigenvalue weighted by Crippen LogP contribution is -2.15. The molecule has 0 aromatic carbocycles. The predicted molar refractivity (Wildman–Crippen MR) is 76.8 cm³/mol. The van der Waals surface area contributed by atoms with Gasteiger partial charge in [0.05, 0.1) is 7.11 Å². The van der Waals surface area contributed by atoms with Gasteiger partial charge in [-0.2, -0.15) is 0 Å². The molecule has 0 aliphatic heterocycles. The second-order valence-corrected chi connectivity index (χ2v) is 4.75. The number of hydrogen-bond donors (Lipinski definition) is 1. The van der Waals surface area contributed by atoms with Gasteiger partial charge in [0.1, 0.15) is 11.6 Å². The van der Waals surface area contributed by atoms with E-state index in [1.54, 1.807) is 0 Å². The van der Waals surface area contributed by atoms with Crippen LogP contribution in [0.5, 0.6) is 0 Å². The predicted octanol–water partition coefficient (Wildman–Crippen LogP) is 0.979. The van der Waals surface area contributed by atoms with Crippen LogP contribution in [0.4, 0.5) is 5.13 Å². The fourth-order valence-corrected chi connectivity index (χ4v) is 1.89. The number of carbonyl (C=O) groups excluding carboxylic acids is 3. The third-order valence-electron chi connectivity index (χ3n) is 1.87. The van der Waals surface area contributed by atoms with Crippen LogP contribution in [0.15, 0.2) is 10.5 Å². The highest BCUT2D eigenvalue weighted by Gasteiger charge is 2.17. The van der Waals surface area contributed by atoms with E-state index < -0.39 is 23.7 Å². The van der Waals surface area contributed by atoms with Gasteiger partial charge in [0.15, 0.2) is 10.8 Å². The Labute approximate surface area is 133 Å². The maximum Gasteiger partial charge on any atom is 0.346 e. The van der Waals surface area contributed by atoms with Gasteiger partial charge in [0, 0.05) is 5.38 Å². The third kappa shape index (κ3) is 5.66. The standard InChI is InChI=1S/C10H9Cl2N3O5S/c1-19-7(17)3-20-15-8(9(12)18)5-4-21-10(13-5)14-6(16)2-11/h4H,2-3H2,1H3,(H,13,14,16)/b15-8-. The Hall–Kier alpha value is -1.71. The van der Waals surface area contributed by atoms with E-state index >= 15 is 0 Å². The van der Waals surface area contributed by atoms with E-state index in [0.29, 0.717) is 0 Å². The number of rotatable bonds is 7. The van der Waals surface area contributed by atoms with E-state index in [1.807, 2.05) is 0 Å². The smallest absolute Gasteiger partial charge is 0.346 e. The Bertz CT molecular complexity index is 575. The fourth-order valence-electron chi connectivity index (χ4n) is 0.984. The first kappa shape index (κ1) is 17.3. The van der Waals surface area contributed by atoms with Gasteiger partial charge < -0.3 is 14.9 Å². The SMILES string of the molecule is COC(=O)CO/N=C(\C(=O)Cl)c1csc(NC(=O)CCl)n1. The van der Waals surface area contributed by atoms with Crippen molar-refractivity contribution in [1.82, 2.24) is 4.98 Å². The number of nitrogens with one attached hydrogen (secondary N) is 1. The van der Waals surface area contributed by atoms with E-state index in [2.05, 4.69) is 25.0 Å². The summed E-state index contributed by atoms with van der Waals surface area (Å²) in [6.45, 7) is -0.482. The summed E-state index contributed by atoms with van der Waals surface area (Å²) in [4.78, 5) is 41.8. The molecular weight excluding hydrogens is 345 g/mol. The van der Waals surface area contributed by atoms with Gasteiger partial charge >= 0.3 is 5.97 Å². The summed E-state index contributed by atoms with van der Waals surface area (Å²) >= 11 is 11.7. The number of hydrogen-bond acceptors (Lipinski definition) is 8. The van der Waals surface area contributed by atoms with Crippen molar-refractivity contribution in [2.24, 2.45) is 5.16 Å². The van der Waals surface area contributed by atoms with E-state index in [4.69, 9.17) is 23.2 Å². The Kier molecular flexibility index (Phi) is 7.06. The summed E-state index contributed by atoms with van der Waals surface area (Å²) in [5.41, 5.74) is -0.210. The molecule has 0 aliphatic rings. The molecule has 1 aromatic rings. The Morgan fingerprint density at radius 3 is 2.76 bits per heavy atom. The van der Waals surface area contributed by atoms with E-state index in [1.165, 1.54) is 12.5 Å². The van der Waals surface area contributed by atoms with Crippen LogP contribution in [0.25, 0.3) is 0 Å². The van der Waals surface area contributed by atoms with Crippen molar-refractivity contribution in [2.75, 3.05) is 24.9 Å². The van der Waals surface area contributed by atoms with Gasteiger partial charge in [0.2, 0.25) is 12.5 Å². The van der Waals surface area contributed by atoms with Gasteiger partial charge in [-0.1, -0.05) is 5.16 Å². The molecule has 0 fully saturated rings. The number of aromatic nitrogens is 1. The van der Waals surface area contributed by atoms with Crippen LogP contribution in [0.1, 0.15) is 5.69 Å². The molecule has 0 atom stereocenters. The molecule has 1 heterocycles. The molecule has 0 radical (unpaired) electrons.